The highest BCUT2D eigenvalue weighted by Gasteiger charge is 2.34. The summed E-state index contributed by atoms with van der Waals surface area (Å²) in [6.07, 6.45) is 12.7. The molecule has 0 bridgehead atoms. The largest absolute Gasteiger partial charge is 0.497 e. The van der Waals surface area contributed by atoms with Gasteiger partial charge in [-0.05, 0) is 92.1 Å². The summed E-state index contributed by atoms with van der Waals surface area (Å²) in [7, 11) is 4.72. The van der Waals surface area contributed by atoms with Crippen LogP contribution in [0.15, 0.2) is 59.9 Å². The van der Waals surface area contributed by atoms with Gasteiger partial charge in [-0.25, -0.2) is 4.84 Å². The second-order valence-electron chi connectivity index (χ2n) is 14.5. The lowest BCUT2D eigenvalue weighted by atomic mass is 9.99. The zero-order valence-electron chi connectivity index (χ0n) is 33.9. The number of hydrogen-bond acceptors (Lipinski definition) is 9. The molecule has 306 valence electrons. The molecule has 2 fully saturated rings. The fourth-order valence-corrected chi connectivity index (χ4v) is 8.08. The number of ketones is 1. The SMILES string of the molecule is CCC(=O)C1=C(OC)C(=O)N(Cc2ccc(OC)cc2)CC1.CCc1nn(C2CCCC2)c2c1CCN(Cc1ccc(OC)cc1)C2=O.ClNC1CCCC1.N. The van der Waals surface area contributed by atoms with E-state index in [9.17, 15) is 14.4 Å². The molecule has 2 amide bonds. The van der Waals surface area contributed by atoms with Gasteiger partial charge >= 0.3 is 0 Å². The Labute approximate surface area is 337 Å². The molecule has 3 aromatic rings. The molecule has 56 heavy (non-hydrogen) atoms. The van der Waals surface area contributed by atoms with Crippen LogP contribution in [0.3, 0.4) is 0 Å². The van der Waals surface area contributed by atoms with Gasteiger partial charge in [-0.1, -0.05) is 63.8 Å². The normalized spacial score (nSPS) is 17.0. The maximum atomic E-state index is 13.3. The van der Waals surface area contributed by atoms with Crippen molar-refractivity contribution >= 4 is 29.4 Å². The Hall–Kier alpha value is -4.39. The predicted octanol–water partition coefficient (Wildman–Crippen LogP) is 7.91. The van der Waals surface area contributed by atoms with E-state index < -0.39 is 0 Å². The molecule has 2 aliphatic carbocycles. The first kappa shape index (κ1) is 44.3. The number of ether oxygens (including phenoxy) is 3. The summed E-state index contributed by atoms with van der Waals surface area (Å²) in [4.78, 5) is 44.1. The highest BCUT2D eigenvalue weighted by Crippen LogP contribution is 2.34. The summed E-state index contributed by atoms with van der Waals surface area (Å²) >= 11 is 5.36. The molecule has 0 unspecified atom stereocenters. The summed E-state index contributed by atoms with van der Waals surface area (Å²) < 4.78 is 17.6. The van der Waals surface area contributed by atoms with Crippen molar-refractivity contribution in [3.05, 3.63) is 87.9 Å². The molecular weight excluding hydrogens is 732 g/mol. The van der Waals surface area contributed by atoms with E-state index in [1.54, 1.807) is 26.0 Å². The number of halogens is 1. The smallest absolute Gasteiger partial charge is 0.289 e. The molecule has 13 heteroatoms. The van der Waals surface area contributed by atoms with E-state index >= 15 is 0 Å². The third-order valence-corrected chi connectivity index (χ3v) is 11.4. The zero-order valence-corrected chi connectivity index (χ0v) is 34.7. The summed E-state index contributed by atoms with van der Waals surface area (Å²) in [6, 6.07) is 16.6. The van der Waals surface area contributed by atoms with Crippen molar-refractivity contribution in [1.29, 1.82) is 0 Å². The molecule has 0 saturated heterocycles. The summed E-state index contributed by atoms with van der Waals surface area (Å²) in [6.45, 7) is 6.34. The third kappa shape index (κ3) is 10.9. The monoisotopic (exact) mass is 792 g/mol. The van der Waals surface area contributed by atoms with Crippen LogP contribution in [0.5, 0.6) is 11.5 Å². The van der Waals surface area contributed by atoms with Gasteiger partial charge in [-0.3, -0.25) is 19.1 Å². The molecule has 2 saturated carbocycles. The lowest BCUT2D eigenvalue weighted by Gasteiger charge is -2.29. The number of rotatable bonds is 12. The Morgan fingerprint density at radius 2 is 1.29 bits per heavy atom. The highest BCUT2D eigenvalue weighted by molar-refractivity contribution is 6.13. The molecule has 4 aliphatic rings. The average Bonchev–Trinajstić information content (AvgIpc) is 4.03. The molecule has 0 atom stereocenters. The number of Topliss-reactive ketones (excluding diaryl/α,β-unsaturated/α-hetero) is 1. The number of benzene rings is 2. The topological polar surface area (TPSA) is 150 Å². The van der Waals surface area contributed by atoms with E-state index in [4.69, 9.17) is 31.1 Å². The van der Waals surface area contributed by atoms with Gasteiger partial charge in [0.25, 0.3) is 11.8 Å². The lowest BCUT2D eigenvalue weighted by molar-refractivity contribution is -0.133. The maximum absolute atomic E-state index is 13.3. The van der Waals surface area contributed by atoms with Crippen LogP contribution in [-0.4, -0.2) is 77.6 Å². The second-order valence-corrected chi connectivity index (χ2v) is 14.8. The van der Waals surface area contributed by atoms with Gasteiger partial charge in [0.15, 0.2) is 11.5 Å². The Kier molecular flexibility index (Phi) is 17.2. The third-order valence-electron chi connectivity index (χ3n) is 11.0. The number of amides is 2. The molecule has 7 rings (SSSR count). The van der Waals surface area contributed by atoms with E-state index in [1.807, 2.05) is 53.4 Å². The van der Waals surface area contributed by atoms with Crippen molar-refractivity contribution in [2.45, 2.75) is 116 Å². The molecule has 12 nitrogen and oxygen atoms in total. The minimum Gasteiger partial charge on any atom is -0.497 e. The van der Waals surface area contributed by atoms with E-state index in [2.05, 4.69) is 16.4 Å². The van der Waals surface area contributed by atoms with Gasteiger partial charge in [-0.15, -0.1) is 0 Å². The highest BCUT2D eigenvalue weighted by atomic mass is 35.5. The van der Waals surface area contributed by atoms with Crippen molar-refractivity contribution in [3.63, 3.8) is 0 Å². The van der Waals surface area contributed by atoms with Gasteiger partial charge in [-0.2, -0.15) is 5.10 Å². The number of hydrogen-bond donors (Lipinski definition) is 2. The predicted molar refractivity (Wildman–Crippen MR) is 219 cm³/mol. The van der Waals surface area contributed by atoms with Crippen molar-refractivity contribution < 1.29 is 28.6 Å². The standard InChI is InChI=1S/C21H27N3O2.C17H21NO4.C5H10ClN.H3N/c1-3-19-18-12-13-23(14-15-8-10-17(26-2)11-9-15)21(25)20(18)24(22-19)16-6-4-5-7-16;1-4-15(19)14-9-10-18(17(20)16(14)22-3)11-12-5-7-13(21-2)8-6-12;6-7-5-3-1-2-4-5;/h8-11,16H,3-7,12-14H2,1-2H3;5-8H,4,9-11H2,1-3H3;5,7H,1-4H2;1H3. The van der Waals surface area contributed by atoms with E-state index in [1.165, 1.54) is 51.2 Å². The van der Waals surface area contributed by atoms with Gasteiger partial charge in [0.1, 0.15) is 17.2 Å². The molecule has 3 heterocycles. The van der Waals surface area contributed by atoms with Gasteiger partial charge in [0.2, 0.25) is 0 Å². The number of aryl methyl sites for hydroxylation is 1. The summed E-state index contributed by atoms with van der Waals surface area (Å²) in [5, 5.41) is 4.86. The minimum absolute atomic E-state index is 0. The summed E-state index contributed by atoms with van der Waals surface area (Å²) in [5.74, 6) is 1.71. The van der Waals surface area contributed by atoms with Crippen LogP contribution in [0.1, 0.15) is 117 Å². The number of carbonyl (C=O) groups is 3. The van der Waals surface area contributed by atoms with Crippen molar-refractivity contribution in [3.8, 4) is 11.5 Å². The number of nitrogens with zero attached hydrogens (tertiary/aromatic N) is 4. The lowest BCUT2D eigenvalue weighted by Crippen LogP contribution is -2.38. The number of nitrogens with one attached hydrogen (secondary N) is 1. The fourth-order valence-electron chi connectivity index (χ4n) is 7.86. The van der Waals surface area contributed by atoms with E-state index in [0.29, 0.717) is 50.1 Å². The first-order valence-electron chi connectivity index (χ1n) is 19.9. The first-order chi connectivity index (χ1) is 26.7. The van der Waals surface area contributed by atoms with Crippen LogP contribution < -0.4 is 20.5 Å². The van der Waals surface area contributed by atoms with Crippen molar-refractivity contribution in [2.75, 3.05) is 34.4 Å². The van der Waals surface area contributed by atoms with E-state index in [-0.39, 0.29) is 29.5 Å². The number of methoxy groups -OCH3 is 3. The Morgan fingerprint density at radius 1 is 0.768 bits per heavy atom. The van der Waals surface area contributed by atoms with Gasteiger partial charge in [0.05, 0.1) is 33.1 Å². The Morgan fingerprint density at radius 3 is 1.75 bits per heavy atom. The van der Waals surface area contributed by atoms with Crippen LogP contribution in [0.4, 0.5) is 0 Å². The average molecular weight is 793 g/mol. The number of fused-ring (bicyclic) bond motifs is 1. The maximum Gasteiger partial charge on any atom is 0.289 e. The van der Waals surface area contributed by atoms with E-state index in [0.717, 1.165) is 66.2 Å². The zero-order chi connectivity index (χ0) is 39.3. The van der Waals surface area contributed by atoms with Gasteiger partial charge in [0, 0.05) is 49.8 Å². The molecule has 0 spiro atoms. The number of carbonyl (C=O) groups excluding carboxylic acids is 3. The van der Waals surface area contributed by atoms with Crippen LogP contribution in [0.2, 0.25) is 0 Å². The second kappa shape index (κ2) is 21.8. The van der Waals surface area contributed by atoms with Crippen LogP contribution >= 0.6 is 11.8 Å². The first-order valence-corrected chi connectivity index (χ1v) is 20.2. The molecule has 1 aromatic heterocycles. The number of aromatic nitrogens is 2. The van der Waals surface area contributed by atoms with Crippen LogP contribution in [0.25, 0.3) is 0 Å². The Bertz CT molecular complexity index is 1760. The quantitative estimate of drug-likeness (QED) is 0.175. The van der Waals surface area contributed by atoms with Crippen LogP contribution in [0, 0.1) is 0 Å². The molecule has 2 aliphatic heterocycles. The molecule has 0 radical (unpaired) electrons. The molecular formula is C43H61ClN6O6. The fraction of sp³-hybridized carbons (Fsp3) is 0.535. The molecule has 4 N–H and O–H groups in total. The Balaban J connectivity index is 0.000000211. The van der Waals surface area contributed by atoms with Gasteiger partial charge < -0.3 is 30.2 Å². The van der Waals surface area contributed by atoms with Crippen molar-refractivity contribution in [1.82, 2.24) is 30.6 Å². The minimum atomic E-state index is -0.221. The van der Waals surface area contributed by atoms with Crippen molar-refractivity contribution in [2.24, 2.45) is 0 Å². The molecule has 2 aromatic carbocycles. The summed E-state index contributed by atoms with van der Waals surface area (Å²) in [5.41, 5.74) is 5.81. The van der Waals surface area contributed by atoms with Crippen LogP contribution in [-0.2, 0) is 40.3 Å².